The SMILES string of the molecule is Cc1ccc(P(=O)(CCC(=O)Cc2cccc(Cl)c2)c2ccc(C)cc2)cc1. The summed E-state index contributed by atoms with van der Waals surface area (Å²) in [5, 5.41) is 2.23. The van der Waals surface area contributed by atoms with Gasteiger partial charge in [-0.15, -0.1) is 0 Å². The van der Waals surface area contributed by atoms with Crippen molar-refractivity contribution in [2.75, 3.05) is 6.16 Å². The molecule has 3 aromatic carbocycles. The fourth-order valence-corrected chi connectivity index (χ4v) is 6.08. The van der Waals surface area contributed by atoms with E-state index in [1.807, 2.05) is 74.5 Å². The smallest absolute Gasteiger partial charge is 0.143 e. The minimum absolute atomic E-state index is 0.0710. The molecule has 0 bridgehead atoms. The number of ketones is 1. The zero-order valence-electron chi connectivity index (χ0n) is 16.2. The van der Waals surface area contributed by atoms with Crippen molar-refractivity contribution in [2.45, 2.75) is 26.7 Å². The van der Waals surface area contributed by atoms with E-state index in [0.717, 1.165) is 27.3 Å². The number of Topliss-reactive ketones (excluding diaryl/α,β-unsaturated/α-hetero) is 1. The van der Waals surface area contributed by atoms with E-state index in [-0.39, 0.29) is 12.2 Å². The second-order valence-electron chi connectivity index (χ2n) is 7.23. The van der Waals surface area contributed by atoms with Gasteiger partial charge in [-0.05, 0) is 31.5 Å². The normalized spacial score (nSPS) is 11.4. The molecule has 0 saturated carbocycles. The molecule has 3 rings (SSSR count). The summed E-state index contributed by atoms with van der Waals surface area (Å²) in [7, 11) is -2.88. The number of rotatable bonds is 7. The van der Waals surface area contributed by atoms with Crippen molar-refractivity contribution in [2.24, 2.45) is 0 Å². The predicted octanol–water partition coefficient (Wildman–Crippen LogP) is 5.47. The van der Waals surface area contributed by atoms with Crippen molar-refractivity contribution >= 4 is 35.1 Å². The minimum atomic E-state index is -2.88. The van der Waals surface area contributed by atoms with E-state index < -0.39 is 7.14 Å². The van der Waals surface area contributed by atoms with Crippen molar-refractivity contribution in [3.05, 3.63) is 94.5 Å². The molecule has 0 aliphatic carbocycles. The lowest BCUT2D eigenvalue weighted by Gasteiger charge is -2.19. The number of hydrogen-bond donors (Lipinski definition) is 0. The van der Waals surface area contributed by atoms with Crippen LogP contribution in [0.25, 0.3) is 0 Å². The molecular formula is C24H24ClO2P. The van der Waals surface area contributed by atoms with Gasteiger partial charge < -0.3 is 4.57 Å². The molecule has 28 heavy (non-hydrogen) atoms. The van der Waals surface area contributed by atoms with Crippen molar-refractivity contribution in [1.82, 2.24) is 0 Å². The Balaban J connectivity index is 1.83. The highest BCUT2D eigenvalue weighted by atomic mass is 35.5. The van der Waals surface area contributed by atoms with E-state index in [1.165, 1.54) is 0 Å². The molecule has 0 aliphatic heterocycles. The van der Waals surface area contributed by atoms with E-state index in [9.17, 15) is 9.36 Å². The maximum atomic E-state index is 14.1. The predicted molar refractivity (Wildman–Crippen MR) is 119 cm³/mol. The molecule has 0 spiro atoms. The Labute approximate surface area is 171 Å². The standard InChI is InChI=1S/C24H24ClO2P/c1-18-6-10-23(11-7-18)28(27,24-12-8-19(2)9-13-24)15-14-22(26)17-20-4-3-5-21(25)16-20/h3-13,16H,14-15,17H2,1-2H3. The molecule has 0 amide bonds. The van der Waals surface area contributed by atoms with Gasteiger partial charge in [-0.25, -0.2) is 0 Å². The van der Waals surface area contributed by atoms with Gasteiger partial charge in [0.25, 0.3) is 0 Å². The molecule has 0 aliphatic rings. The molecule has 0 radical (unpaired) electrons. The van der Waals surface area contributed by atoms with Crippen LogP contribution < -0.4 is 10.6 Å². The van der Waals surface area contributed by atoms with Crippen LogP contribution in [-0.4, -0.2) is 11.9 Å². The molecule has 144 valence electrons. The van der Waals surface area contributed by atoms with Gasteiger partial charge in [-0.2, -0.15) is 0 Å². The van der Waals surface area contributed by atoms with Gasteiger partial charge in [0.15, 0.2) is 0 Å². The lowest BCUT2D eigenvalue weighted by atomic mass is 10.1. The number of benzene rings is 3. The number of hydrogen-bond acceptors (Lipinski definition) is 2. The fraction of sp³-hybridized carbons (Fsp3) is 0.208. The lowest BCUT2D eigenvalue weighted by Crippen LogP contribution is -2.20. The summed E-state index contributed by atoms with van der Waals surface area (Å²) in [6.45, 7) is 4.02. The fourth-order valence-electron chi connectivity index (χ4n) is 3.22. The Hall–Kier alpha value is -2.15. The first-order chi connectivity index (χ1) is 13.4. The molecule has 0 N–H and O–H groups in total. The molecule has 0 heterocycles. The summed E-state index contributed by atoms with van der Waals surface area (Å²) in [6, 6.07) is 22.9. The van der Waals surface area contributed by atoms with Gasteiger partial charge in [-0.3, -0.25) is 4.79 Å². The monoisotopic (exact) mass is 410 g/mol. The molecule has 3 aromatic rings. The first-order valence-electron chi connectivity index (χ1n) is 9.36. The molecule has 0 unspecified atom stereocenters. The number of halogens is 1. The maximum Gasteiger partial charge on any atom is 0.143 e. The first kappa shape index (κ1) is 20.6. The quantitative estimate of drug-likeness (QED) is 0.484. The Bertz CT molecular complexity index is 958. The molecule has 4 heteroatoms. The van der Waals surface area contributed by atoms with Crippen molar-refractivity contribution in [1.29, 1.82) is 0 Å². The number of aryl methyl sites for hydroxylation is 2. The van der Waals surface area contributed by atoms with Gasteiger partial charge >= 0.3 is 0 Å². The van der Waals surface area contributed by atoms with E-state index >= 15 is 0 Å². The third-order valence-electron chi connectivity index (χ3n) is 4.90. The zero-order valence-corrected chi connectivity index (χ0v) is 17.8. The van der Waals surface area contributed by atoms with Crippen LogP contribution in [0.3, 0.4) is 0 Å². The Morgan fingerprint density at radius 3 is 1.89 bits per heavy atom. The summed E-state index contributed by atoms with van der Waals surface area (Å²) < 4.78 is 14.1. The summed E-state index contributed by atoms with van der Waals surface area (Å²) in [5.74, 6) is 0.0710. The van der Waals surface area contributed by atoms with Gasteiger partial charge in [0.1, 0.15) is 12.9 Å². The third kappa shape index (κ3) is 5.01. The number of carbonyl (C=O) groups is 1. The second kappa shape index (κ2) is 8.90. The van der Waals surface area contributed by atoms with Gasteiger partial charge in [0.2, 0.25) is 0 Å². The highest BCUT2D eigenvalue weighted by Gasteiger charge is 2.28. The molecule has 0 atom stereocenters. The third-order valence-corrected chi connectivity index (χ3v) is 8.25. The van der Waals surface area contributed by atoms with E-state index in [4.69, 9.17) is 11.6 Å². The van der Waals surface area contributed by atoms with Crippen molar-refractivity contribution in [3.63, 3.8) is 0 Å². The Morgan fingerprint density at radius 1 is 0.857 bits per heavy atom. The van der Waals surface area contributed by atoms with Crippen molar-refractivity contribution < 1.29 is 9.36 Å². The van der Waals surface area contributed by atoms with Crippen LogP contribution in [0.15, 0.2) is 72.8 Å². The molecule has 0 saturated heterocycles. The van der Waals surface area contributed by atoms with E-state index in [2.05, 4.69) is 0 Å². The highest BCUT2D eigenvalue weighted by Crippen LogP contribution is 2.44. The lowest BCUT2D eigenvalue weighted by molar-refractivity contribution is -0.118. The van der Waals surface area contributed by atoms with Gasteiger partial charge in [0, 0.05) is 34.6 Å². The summed E-state index contributed by atoms with van der Waals surface area (Å²) >= 11 is 6.01. The van der Waals surface area contributed by atoms with Crippen LogP contribution in [-0.2, 0) is 15.8 Å². The Morgan fingerprint density at radius 2 is 1.39 bits per heavy atom. The van der Waals surface area contributed by atoms with Crippen LogP contribution in [0, 0.1) is 13.8 Å². The van der Waals surface area contributed by atoms with Crippen LogP contribution >= 0.6 is 18.7 Å². The maximum absolute atomic E-state index is 14.1. The summed E-state index contributed by atoms with van der Waals surface area (Å²) in [5.41, 5.74) is 3.13. The molecule has 2 nitrogen and oxygen atoms in total. The van der Waals surface area contributed by atoms with Crippen LogP contribution in [0.1, 0.15) is 23.1 Å². The highest BCUT2D eigenvalue weighted by molar-refractivity contribution is 7.78. The van der Waals surface area contributed by atoms with Crippen LogP contribution in [0.5, 0.6) is 0 Å². The van der Waals surface area contributed by atoms with Gasteiger partial charge in [0.05, 0.1) is 0 Å². The summed E-state index contributed by atoms with van der Waals surface area (Å²) in [6.07, 6.45) is 0.909. The topological polar surface area (TPSA) is 34.1 Å². The number of carbonyl (C=O) groups excluding carboxylic acids is 1. The van der Waals surface area contributed by atoms with Gasteiger partial charge in [-0.1, -0.05) is 83.4 Å². The molecule has 0 fully saturated rings. The van der Waals surface area contributed by atoms with E-state index in [1.54, 1.807) is 12.1 Å². The first-order valence-corrected chi connectivity index (χ1v) is 11.6. The zero-order chi connectivity index (χ0) is 20.1. The average molecular weight is 411 g/mol. The van der Waals surface area contributed by atoms with E-state index in [0.29, 0.717) is 17.6 Å². The molecular weight excluding hydrogens is 387 g/mol. The Kier molecular flexibility index (Phi) is 6.54. The van der Waals surface area contributed by atoms with Crippen molar-refractivity contribution in [3.8, 4) is 0 Å². The minimum Gasteiger partial charge on any atom is -0.314 e. The van der Waals surface area contributed by atoms with Crippen LogP contribution in [0.2, 0.25) is 5.02 Å². The van der Waals surface area contributed by atoms with Crippen LogP contribution in [0.4, 0.5) is 0 Å². The largest absolute Gasteiger partial charge is 0.314 e. The average Bonchev–Trinajstić information content (AvgIpc) is 2.67. The second-order valence-corrected chi connectivity index (χ2v) is 10.6. The molecule has 0 aromatic heterocycles. The summed E-state index contributed by atoms with van der Waals surface area (Å²) in [4.78, 5) is 12.6.